The summed E-state index contributed by atoms with van der Waals surface area (Å²) in [7, 11) is 0. The van der Waals surface area contributed by atoms with Crippen LogP contribution in [0.2, 0.25) is 5.02 Å². The van der Waals surface area contributed by atoms with Crippen LogP contribution in [0.4, 0.5) is 5.82 Å². The van der Waals surface area contributed by atoms with E-state index in [1.165, 1.54) is 0 Å². The number of benzene rings is 1. The quantitative estimate of drug-likeness (QED) is 0.355. The molecule has 0 bridgehead atoms. The molecule has 0 saturated carbocycles. The summed E-state index contributed by atoms with van der Waals surface area (Å²) in [6.45, 7) is 4.71. The number of aryl methyl sites for hydroxylation is 2. The Bertz CT molecular complexity index is 1460. The minimum absolute atomic E-state index is 0.00462. The zero-order valence-electron chi connectivity index (χ0n) is 18.7. The third-order valence-corrected chi connectivity index (χ3v) is 5.67. The lowest BCUT2D eigenvalue weighted by atomic mass is 10.0. The van der Waals surface area contributed by atoms with E-state index in [0.29, 0.717) is 29.8 Å². The van der Waals surface area contributed by atoms with E-state index in [-0.39, 0.29) is 6.61 Å². The highest BCUT2D eigenvalue weighted by Crippen LogP contribution is 2.32. The van der Waals surface area contributed by atoms with Crippen molar-refractivity contribution < 1.29 is 9.63 Å². The van der Waals surface area contributed by atoms with E-state index in [2.05, 4.69) is 20.6 Å². The molecule has 0 spiro atoms. The van der Waals surface area contributed by atoms with Crippen LogP contribution in [-0.2, 0) is 13.1 Å². The summed E-state index contributed by atoms with van der Waals surface area (Å²) in [5.41, 5.74) is 5.23. The minimum Gasteiger partial charge on any atom is -0.394 e. The molecule has 0 fully saturated rings. The van der Waals surface area contributed by atoms with E-state index in [9.17, 15) is 5.11 Å². The monoisotopic (exact) mass is 475 g/mol. The highest BCUT2D eigenvalue weighted by Gasteiger charge is 2.16. The number of aromatic nitrogens is 6. The van der Waals surface area contributed by atoms with Crippen molar-refractivity contribution in [2.24, 2.45) is 0 Å². The number of hydrogen-bond donors (Lipinski definition) is 2. The van der Waals surface area contributed by atoms with Gasteiger partial charge >= 0.3 is 0 Å². The lowest BCUT2D eigenvalue weighted by molar-refractivity contribution is 0.269. The summed E-state index contributed by atoms with van der Waals surface area (Å²) in [5.74, 6) is 1.96. The molecule has 1 aromatic carbocycles. The molecule has 5 aromatic rings. The van der Waals surface area contributed by atoms with Crippen LogP contribution in [0.3, 0.4) is 0 Å². The zero-order valence-corrected chi connectivity index (χ0v) is 19.4. The van der Waals surface area contributed by atoms with E-state index < -0.39 is 0 Å². The van der Waals surface area contributed by atoms with Gasteiger partial charge in [0.25, 0.3) is 0 Å². The second-order valence-electron chi connectivity index (χ2n) is 7.91. The molecule has 0 aliphatic heterocycles. The average Bonchev–Trinajstić information content (AvgIpc) is 3.43. The maximum Gasteiger partial charge on any atom is 0.165 e. The molecule has 0 atom stereocenters. The summed E-state index contributed by atoms with van der Waals surface area (Å²) in [6, 6.07) is 7.87. The van der Waals surface area contributed by atoms with Crippen molar-refractivity contribution in [2.75, 3.05) is 11.9 Å². The number of rotatable bonds is 7. The Balaban J connectivity index is 1.60. The Morgan fingerprint density at radius 1 is 1.09 bits per heavy atom. The number of pyridine rings is 1. The maximum absolute atomic E-state index is 9.20. The second kappa shape index (κ2) is 9.20. The Hall–Kier alpha value is -3.82. The summed E-state index contributed by atoms with van der Waals surface area (Å²) < 4.78 is 7.03. The number of fused-ring (bicyclic) bond motifs is 1. The van der Waals surface area contributed by atoms with Gasteiger partial charge in [-0.2, -0.15) is 5.10 Å². The smallest absolute Gasteiger partial charge is 0.165 e. The topological polar surface area (TPSA) is 115 Å². The third kappa shape index (κ3) is 4.35. The summed E-state index contributed by atoms with van der Waals surface area (Å²) >= 11 is 6.10. The molecule has 9 nitrogen and oxygen atoms in total. The standard InChI is InChI=1S/C24H22ClN7O2/c1-14-22(15(2)34-31-14)17-3-4-21-20(8-17)24(27-10-16-7-19(25)12-26-9-16)30-23(29-21)18-11-28-32(13-18)5-6-33/h3-4,7-9,11-13,33H,5-6,10H2,1-2H3,(H,27,29,30). The Morgan fingerprint density at radius 2 is 1.97 bits per heavy atom. The SMILES string of the molecule is Cc1noc(C)c1-c1ccc2nc(-c3cnn(CCO)c3)nc(NCc3cncc(Cl)c3)c2c1. The lowest BCUT2D eigenvalue weighted by Gasteiger charge is -2.12. The van der Waals surface area contributed by atoms with Crippen LogP contribution in [0.5, 0.6) is 0 Å². The van der Waals surface area contributed by atoms with Gasteiger partial charge < -0.3 is 14.9 Å². The van der Waals surface area contributed by atoms with E-state index in [1.54, 1.807) is 23.3 Å². The van der Waals surface area contributed by atoms with Crippen molar-refractivity contribution in [3.63, 3.8) is 0 Å². The normalized spacial score (nSPS) is 11.3. The van der Waals surface area contributed by atoms with Crippen LogP contribution in [0.25, 0.3) is 33.4 Å². The first-order chi connectivity index (χ1) is 16.5. The third-order valence-electron chi connectivity index (χ3n) is 5.46. The second-order valence-corrected chi connectivity index (χ2v) is 8.34. The van der Waals surface area contributed by atoms with Crippen molar-refractivity contribution in [1.29, 1.82) is 0 Å². The summed E-state index contributed by atoms with van der Waals surface area (Å²) in [6.07, 6.45) is 6.88. The largest absolute Gasteiger partial charge is 0.394 e. The van der Waals surface area contributed by atoms with Gasteiger partial charge in [0.1, 0.15) is 11.6 Å². The van der Waals surface area contributed by atoms with Crippen LogP contribution in [0, 0.1) is 13.8 Å². The fraction of sp³-hybridized carbons (Fsp3) is 0.208. The molecule has 0 unspecified atom stereocenters. The molecule has 10 heteroatoms. The van der Waals surface area contributed by atoms with Gasteiger partial charge in [-0.1, -0.05) is 22.8 Å². The molecule has 0 aliphatic rings. The molecule has 34 heavy (non-hydrogen) atoms. The number of nitrogens with one attached hydrogen (secondary N) is 1. The fourth-order valence-electron chi connectivity index (χ4n) is 3.89. The fourth-order valence-corrected chi connectivity index (χ4v) is 4.08. The average molecular weight is 476 g/mol. The molecule has 0 amide bonds. The first-order valence-electron chi connectivity index (χ1n) is 10.7. The van der Waals surface area contributed by atoms with Crippen LogP contribution in [0.1, 0.15) is 17.0 Å². The van der Waals surface area contributed by atoms with Gasteiger partial charge in [0.15, 0.2) is 5.82 Å². The first kappa shape index (κ1) is 22.0. The Kier molecular flexibility index (Phi) is 5.95. The molecule has 4 heterocycles. The molecule has 2 N–H and O–H groups in total. The van der Waals surface area contributed by atoms with Crippen LogP contribution < -0.4 is 5.32 Å². The van der Waals surface area contributed by atoms with Gasteiger partial charge in [-0.05, 0) is 43.2 Å². The predicted octanol–water partition coefficient (Wildman–Crippen LogP) is 4.42. The van der Waals surface area contributed by atoms with Gasteiger partial charge in [-0.3, -0.25) is 9.67 Å². The first-order valence-corrected chi connectivity index (χ1v) is 11.1. The molecule has 5 rings (SSSR count). The van der Waals surface area contributed by atoms with E-state index in [4.69, 9.17) is 26.1 Å². The van der Waals surface area contributed by atoms with Crippen molar-refractivity contribution >= 4 is 28.3 Å². The van der Waals surface area contributed by atoms with Crippen LogP contribution in [-0.4, -0.2) is 41.6 Å². The molecule has 172 valence electrons. The number of halogens is 1. The molecule has 0 radical (unpaired) electrons. The summed E-state index contributed by atoms with van der Waals surface area (Å²) in [5, 5.41) is 22.4. The molecule has 4 aromatic heterocycles. The van der Waals surface area contributed by atoms with Gasteiger partial charge in [0, 0.05) is 36.1 Å². The minimum atomic E-state index is 0.00462. The number of anilines is 1. The van der Waals surface area contributed by atoms with Crippen LogP contribution in [0.15, 0.2) is 53.6 Å². The highest BCUT2D eigenvalue weighted by molar-refractivity contribution is 6.30. The van der Waals surface area contributed by atoms with E-state index in [1.807, 2.05) is 44.3 Å². The van der Waals surface area contributed by atoms with Gasteiger partial charge in [-0.15, -0.1) is 0 Å². The van der Waals surface area contributed by atoms with E-state index >= 15 is 0 Å². The van der Waals surface area contributed by atoms with Crippen molar-refractivity contribution in [3.8, 4) is 22.5 Å². The van der Waals surface area contributed by atoms with Crippen molar-refractivity contribution in [2.45, 2.75) is 26.9 Å². The molecular formula is C24H22ClN7O2. The molecule has 0 saturated heterocycles. The van der Waals surface area contributed by atoms with Gasteiger partial charge in [0.2, 0.25) is 0 Å². The molecular weight excluding hydrogens is 454 g/mol. The van der Waals surface area contributed by atoms with E-state index in [0.717, 1.165) is 44.6 Å². The Morgan fingerprint density at radius 3 is 2.74 bits per heavy atom. The molecule has 0 aliphatic carbocycles. The number of hydrogen-bond acceptors (Lipinski definition) is 8. The van der Waals surface area contributed by atoms with Crippen LogP contribution >= 0.6 is 11.6 Å². The van der Waals surface area contributed by atoms with Gasteiger partial charge in [-0.25, -0.2) is 9.97 Å². The lowest BCUT2D eigenvalue weighted by Crippen LogP contribution is -2.05. The van der Waals surface area contributed by atoms with Crippen molar-refractivity contribution in [3.05, 3.63) is 71.1 Å². The van der Waals surface area contributed by atoms with Crippen molar-refractivity contribution in [1.82, 2.24) is 29.9 Å². The summed E-state index contributed by atoms with van der Waals surface area (Å²) in [4.78, 5) is 13.8. The van der Waals surface area contributed by atoms with Gasteiger partial charge in [0.05, 0.1) is 41.1 Å². The Labute approximate surface area is 200 Å². The number of aliphatic hydroxyl groups is 1. The highest BCUT2D eigenvalue weighted by atomic mass is 35.5. The number of nitrogens with zero attached hydrogens (tertiary/aromatic N) is 6. The predicted molar refractivity (Wildman–Crippen MR) is 129 cm³/mol. The maximum atomic E-state index is 9.20. The number of aliphatic hydroxyl groups excluding tert-OH is 1. The zero-order chi connectivity index (χ0) is 23.7.